The summed E-state index contributed by atoms with van der Waals surface area (Å²) in [5.41, 5.74) is 1.01. The van der Waals surface area contributed by atoms with Crippen LogP contribution in [0.1, 0.15) is 45.6 Å². The highest BCUT2D eigenvalue weighted by atomic mass is 16.5. The topological polar surface area (TPSA) is 57.7 Å². The first kappa shape index (κ1) is 19.0. The van der Waals surface area contributed by atoms with Gasteiger partial charge in [-0.3, -0.25) is 4.90 Å². The van der Waals surface area contributed by atoms with Gasteiger partial charge in [0.25, 0.3) is 0 Å². The van der Waals surface area contributed by atoms with Crippen LogP contribution in [0.5, 0.6) is 5.88 Å². The SMILES string of the molecule is CC(C)CC(C)Oc1cc(CNC(=O)N2CCN3CCCC3C2)ccn1. The largest absolute Gasteiger partial charge is 0.475 e. The van der Waals surface area contributed by atoms with Gasteiger partial charge in [-0.1, -0.05) is 13.8 Å². The van der Waals surface area contributed by atoms with Crippen LogP contribution < -0.4 is 10.1 Å². The minimum atomic E-state index is 0.0315. The Morgan fingerprint density at radius 1 is 1.35 bits per heavy atom. The summed E-state index contributed by atoms with van der Waals surface area (Å²) in [7, 11) is 0. The number of carbonyl (C=O) groups excluding carboxylic acids is 1. The molecule has 3 rings (SSSR count). The van der Waals surface area contributed by atoms with Gasteiger partial charge in [-0.15, -0.1) is 0 Å². The summed E-state index contributed by atoms with van der Waals surface area (Å²) in [4.78, 5) is 21.2. The number of carbonyl (C=O) groups is 1. The number of fused-ring (bicyclic) bond motifs is 1. The van der Waals surface area contributed by atoms with Crippen molar-refractivity contribution in [1.29, 1.82) is 0 Å². The Kier molecular flexibility index (Phi) is 6.35. The summed E-state index contributed by atoms with van der Waals surface area (Å²) in [5, 5.41) is 3.05. The molecular weight excluding hydrogens is 328 g/mol. The van der Waals surface area contributed by atoms with Crippen molar-refractivity contribution in [3.8, 4) is 5.88 Å². The first-order valence-electron chi connectivity index (χ1n) is 9.89. The predicted molar refractivity (Wildman–Crippen MR) is 102 cm³/mol. The number of aromatic nitrogens is 1. The number of nitrogens with one attached hydrogen (secondary N) is 1. The molecule has 2 unspecified atom stereocenters. The second kappa shape index (κ2) is 8.71. The van der Waals surface area contributed by atoms with Gasteiger partial charge in [0.15, 0.2) is 0 Å². The van der Waals surface area contributed by atoms with Gasteiger partial charge in [0, 0.05) is 44.5 Å². The Bertz CT molecular complexity index is 607. The lowest BCUT2D eigenvalue weighted by Crippen LogP contribution is -2.54. The van der Waals surface area contributed by atoms with Crippen LogP contribution in [0.3, 0.4) is 0 Å². The molecule has 0 bridgehead atoms. The molecule has 6 nitrogen and oxygen atoms in total. The molecule has 2 fully saturated rings. The van der Waals surface area contributed by atoms with Crippen molar-refractivity contribution in [2.75, 3.05) is 26.2 Å². The molecule has 0 saturated carbocycles. The second-order valence-corrected chi connectivity index (χ2v) is 8.00. The summed E-state index contributed by atoms with van der Waals surface area (Å²) in [6.07, 6.45) is 5.35. The van der Waals surface area contributed by atoms with Crippen molar-refractivity contribution in [3.63, 3.8) is 0 Å². The monoisotopic (exact) mass is 360 g/mol. The fourth-order valence-electron chi connectivity index (χ4n) is 4.01. The van der Waals surface area contributed by atoms with Gasteiger partial charge in [-0.25, -0.2) is 9.78 Å². The van der Waals surface area contributed by atoms with Crippen LogP contribution in [-0.2, 0) is 6.54 Å². The third-order valence-corrected chi connectivity index (χ3v) is 5.24. The molecule has 2 aliphatic rings. The normalized spacial score (nSPS) is 21.5. The fraction of sp³-hybridized carbons (Fsp3) is 0.700. The fourth-order valence-corrected chi connectivity index (χ4v) is 4.01. The van der Waals surface area contributed by atoms with Crippen molar-refractivity contribution < 1.29 is 9.53 Å². The van der Waals surface area contributed by atoms with E-state index in [9.17, 15) is 4.79 Å². The molecule has 1 aromatic heterocycles. The zero-order valence-electron chi connectivity index (χ0n) is 16.3. The molecule has 2 amide bonds. The maximum absolute atomic E-state index is 12.5. The molecular formula is C20H32N4O2. The van der Waals surface area contributed by atoms with Crippen molar-refractivity contribution in [2.24, 2.45) is 5.92 Å². The maximum Gasteiger partial charge on any atom is 0.317 e. The first-order chi connectivity index (χ1) is 12.5. The van der Waals surface area contributed by atoms with Crippen molar-refractivity contribution in [3.05, 3.63) is 23.9 Å². The van der Waals surface area contributed by atoms with E-state index in [1.54, 1.807) is 6.20 Å². The van der Waals surface area contributed by atoms with E-state index in [2.05, 4.69) is 36.0 Å². The number of urea groups is 1. The van der Waals surface area contributed by atoms with Gasteiger partial charge >= 0.3 is 6.03 Å². The maximum atomic E-state index is 12.5. The lowest BCUT2D eigenvalue weighted by Gasteiger charge is -2.37. The average molecular weight is 361 g/mol. The van der Waals surface area contributed by atoms with E-state index in [0.29, 0.717) is 24.4 Å². The summed E-state index contributed by atoms with van der Waals surface area (Å²) in [6.45, 7) is 10.8. The third kappa shape index (κ3) is 5.10. The molecule has 2 atom stereocenters. The summed E-state index contributed by atoms with van der Waals surface area (Å²) < 4.78 is 5.90. The highest BCUT2D eigenvalue weighted by molar-refractivity contribution is 5.74. The zero-order valence-corrected chi connectivity index (χ0v) is 16.3. The van der Waals surface area contributed by atoms with Crippen LogP contribution in [0.2, 0.25) is 0 Å². The second-order valence-electron chi connectivity index (χ2n) is 8.00. The van der Waals surface area contributed by atoms with E-state index in [4.69, 9.17) is 4.74 Å². The summed E-state index contributed by atoms with van der Waals surface area (Å²) in [5.74, 6) is 1.22. The highest BCUT2D eigenvalue weighted by Gasteiger charge is 2.32. The smallest absolute Gasteiger partial charge is 0.317 e. The van der Waals surface area contributed by atoms with Crippen molar-refractivity contribution in [1.82, 2.24) is 20.1 Å². The van der Waals surface area contributed by atoms with Gasteiger partial charge in [0.1, 0.15) is 0 Å². The summed E-state index contributed by atoms with van der Waals surface area (Å²) >= 11 is 0. The van der Waals surface area contributed by atoms with Crippen LogP contribution in [0, 0.1) is 5.92 Å². The van der Waals surface area contributed by atoms with E-state index in [0.717, 1.165) is 31.6 Å². The lowest BCUT2D eigenvalue weighted by molar-refractivity contribution is 0.117. The molecule has 144 valence electrons. The molecule has 6 heteroatoms. The van der Waals surface area contributed by atoms with Gasteiger partial charge < -0.3 is 15.0 Å². The minimum absolute atomic E-state index is 0.0315. The molecule has 0 aromatic carbocycles. The number of rotatable bonds is 6. The third-order valence-electron chi connectivity index (χ3n) is 5.24. The standard InChI is InChI=1S/C20H32N4O2/c1-15(2)11-16(3)26-19-12-17(6-7-21-19)13-22-20(25)24-10-9-23-8-4-5-18(23)14-24/h6-7,12,15-16,18H,4-5,8-11,13-14H2,1-3H3,(H,22,25). The number of hydrogen-bond acceptors (Lipinski definition) is 4. The molecule has 0 spiro atoms. The van der Waals surface area contributed by atoms with Gasteiger partial charge in [-0.2, -0.15) is 0 Å². The van der Waals surface area contributed by atoms with Gasteiger partial charge in [0.05, 0.1) is 6.10 Å². The first-order valence-corrected chi connectivity index (χ1v) is 9.89. The summed E-state index contributed by atoms with van der Waals surface area (Å²) in [6, 6.07) is 4.43. The van der Waals surface area contributed by atoms with E-state index < -0.39 is 0 Å². The molecule has 2 aliphatic heterocycles. The number of amides is 2. The van der Waals surface area contributed by atoms with Crippen LogP contribution in [0.25, 0.3) is 0 Å². The molecule has 0 aliphatic carbocycles. The molecule has 26 heavy (non-hydrogen) atoms. The molecule has 0 radical (unpaired) electrons. The number of hydrogen-bond donors (Lipinski definition) is 1. The lowest BCUT2D eigenvalue weighted by atomic mass is 10.1. The Balaban J connectivity index is 1.48. The Hall–Kier alpha value is -1.82. The number of pyridine rings is 1. The van der Waals surface area contributed by atoms with Gasteiger partial charge in [-0.05, 0) is 50.3 Å². The molecule has 1 aromatic rings. The number of ether oxygens (including phenoxy) is 1. The quantitative estimate of drug-likeness (QED) is 0.847. The predicted octanol–water partition coefficient (Wildman–Crippen LogP) is 2.88. The van der Waals surface area contributed by atoms with E-state index in [-0.39, 0.29) is 12.1 Å². The van der Waals surface area contributed by atoms with E-state index in [1.165, 1.54) is 19.4 Å². The molecule has 3 heterocycles. The average Bonchev–Trinajstić information content (AvgIpc) is 3.07. The van der Waals surface area contributed by atoms with Crippen LogP contribution in [-0.4, -0.2) is 59.1 Å². The molecule has 2 saturated heterocycles. The van der Waals surface area contributed by atoms with E-state index >= 15 is 0 Å². The Labute approximate surface area is 156 Å². The van der Waals surface area contributed by atoms with E-state index in [1.807, 2.05) is 17.0 Å². The van der Waals surface area contributed by atoms with Crippen molar-refractivity contribution >= 4 is 6.03 Å². The Morgan fingerprint density at radius 3 is 3.00 bits per heavy atom. The van der Waals surface area contributed by atoms with Crippen LogP contribution >= 0.6 is 0 Å². The minimum Gasteiger partial charge on any atom is -0.475 e. The number of piperazine rings is 1. The zero-order chi connectivity index (χ0) is 18.5. The highest BCUT2D eigenvalue weighted by Crippen LogP contribution is 2.21. The van der Waals surface area contributed by atoms with Gasteiger partial charge in [0.2, 0.25) is 5.88 Å². The van der Waals surface area contributed by atoms with Crippen LogP contribution in [0.4, 0.5) is 4.79 Å². The number of nitrogens with zero attached hydrogens (tertiary/aromatic N) is 3. The Morgan fingerprint density at radius 2 is 2.19 bits per heavy atom. The molecule has 1 N–H and O–H groups in total. The van der Waals surface area contributed by atoms with Crippen molar-refractivity contribution in [2.45, 2.75) is 58.7 Å². The van der Waals surface area contributed by atoms with Crippen LogP contribution in [0.15, 0.2) is 18.3 Å².